The fourth-order valence-electron chi connectivity index (χ4n) is 3.64. The first-order chi connectivity index (χ1) is 15.4. The number of carbonyl (C=O) groups excluding carboxylic acids is 2. The number of anilines is 1. The van der Waals surface area contributed by atoms with Gasteiger partial charge in [0, 0.05) is 30.9 Å². The average Bonchev–Trinajstić information content (AvgIpc) is 3.35. The van der Waals surface area contributed by atoms with E-state index in [0.29, 0.717) is 18.3 Å². The molecule has 32 heavy (non-hydrogen) atoms. The van der Waals surface area contributed by atoms with Crippen molar-refractivity contribution in [3.8, 4) is 5.75 Å². The smallest absolute Gasteiger partial charge is 0.291 e. The first-order valence-electron chi connectivity index (χ1n) is 9.74. The number of aromatic nitrogens is 5. The van der Waals surface area contributed by atoms with E-state index in [0.717, 1.165) is 11.6 Å². The summed E-state index contributed by atoms with van der Waals surface area (Å²) in [5.41, 5.74) is 0.631. The molecule has 0 saturated heterocycles. The molecular weight excluding hydrogens is 424 g/mol. The Morgan fingerprint density at radius 3 is 2.97 bits per heavy atom. The molecule has 0 saturated carbocycles. The molecule has 2 aromatic heterocycles. The fourth-order valence-corrected chi connectivity index (χ4v) is 3.64. The highest BCUT2D eigenvalue weighted by molar-refractivity contribution is 6.01. The number of hydrogen-bond donors (Lipinski definition) is 2. The largest absolute Gasteiger partial charge is 0.488 e. The number of fused-ring (bicyclic) bond motifs is 2. The van der Waals surface area contributed by atoms with Gasteiger partial charge in [0.2, 0.25) is 5.82 Å². The highest BCUT2D eigenvalue weighted by Crippen LogP contribution is 2.31. The first-order valence-corrected chi connectivity index (χ1v) is 9.74. The third kappa shape index (κ3) is 3.49. The summed E-state index contributed by atoms with van der Waals surface area (Å²) in [5.74, 6) is -3.04. The number of nitrogens with zero attached hydrogens (tertiary/aromatic N) is 5. The molecule has 2 amide bonds. The summed E-state index contributed by atoms with van der Waals surface area (Å²) < 4.78 is 36.1. The monoisotopic (exact) mass is 441 g/mol. The maximum atomic E-state index is 14.0. The zero-order chi connectivity index (χ0) is 22.4. The molecule has 0 fully saturated rings. The van der Waals surface area contributed by atoms with Crippen molar-refractivity contribution in [2.24, 2.45) is 7.05 Å². The number of allylic oxidation sites excluding steroid dienone is 1. The Kier molecular flexibility index (Phi) is 4.68. The van der Waals surface area contributed by atoms with E-state index in [1.807, 2.05) is 19.3 Å². The normalized spacial score (nSPS) is 19.4. The predicted octanol–water partition coefficient (Wildman–Crippen LogP) is 1.43. The zero-order valence-corrected chi connectivity index (χ0v) is 16.7. The van der Waals surface area contributed by atoms with E-state index in [1.165, 1.54) is 0 Å². The highest BCUT2D eigenvalue weighted by Gasteiger charge is 2.31. The van der Waals surface area contributed by atoms with Gasteiger partial charge < -0.3 is 15.4 Å². The van der Waals surface area contributed by atoms with Crippen molar-refractivity contribution in [2.45, 2.75) is 18.5 Å². The van der Waals surface area contributed by atoms with E-state index in [9.17, 15) is 18.4 Å². The van der Waals surface area contributed by atoms with Gasteiger partial charge in [-0.2, -0.15) is 5.10 Å². The third-order valence-electron chi connectivity index (χ3n) is 5.19. The van der Waals surface area contributed by atoms with Crippen LogP contribution in [0.15, 0.2) is 30.6 Å². The minimum atomic E-state index is -1.16. The molecule has 3 aromatic rings. The molecule has 10 nitrogen and oxygen atoms in total. The highest BCUT2D eigenvalue weighted by atomic mass is 19.1. The van der Waals surface area contributed by atoms with Gasteiger partial charge in [0.25, 0.3) is 11.8 Å². The second kappa shape index (κ2) is 7.55. The maximum absolute atomic E-state index is 14.0. The second-order valence-corrected chi connectivity index (χ2v) is 7.43. The average molecular weight is 441 g/mol. The van der Waals surface area contributed by atoms with Crippen LogP contribution in [0.4, 0.5) is 14.5 Å². The molecule has 4 heterocycles. The summed E-state index contributed by atoms with van der Waals surface area (Å²) in [5, 5.41) is 13.3. The van der Waals surface area contributed by atoms with Crippen LogP contribution in [0.3, 0.4) is 0 Å². The molecule has 0 aliphatic carbocycles. The van der Waals surface area contributed by atoms with Gasteiger partial charge in [-0.1, -0.05) is 6.08 Å². The Labute approximate surface area is 179 Å². The van der Waals surface area contributed by atoms with Crippen LogP contribution in [0.1, 0.15) is 34.5 Å². The number of nitrogens with one attached hydrogen (secondary N) is 2. The van der Waals surface area contributed by atoms with Crippen LogP contribution in [0.25, 0.3) is 6.08 Å². The quantitative estimate of drug-likeness (QED) is 0.635. The van der Waals surface area contributed by atoms with Crippen LogP contribution in [0.2, 0.25) is 0 Å². The van der Waals surface area contributed by atoms with Crippen molar-refractivity contribution in [2.75, 3.05) is 11.9 Å². The molecule has 1 unspecified atom stereocenters. The Morgan fingerprint density at radius 1 is 1.34 bits per heavy atom. The maximum Gasteiger partial charge on any atom is 0.291 e. The minimum Gasteiger partial charge on any atom is -0.488 e. The number of ether oxygens (including phenoxy) is 1. The van der Waals surface area contributed by atoms with Crippen molar-refractivity contribution >= 4 is 23.6 Å². The molecule has 2 aliphatic heterocycles. The Bertz CT molecular complexity index is 1270. The minimum absolute atomic E-state index is 0.132. The summed E-state index contributed by atoms with van der Waals surface area (Å²) in [7, 11) is 1.81. The van der Waals surface area contributed by atoms with Crippen molar-refractivity contribution in [1.29, 1.82) is 0 Å². The lowest BCUT2D eigenvalue weighted by atomic mass is 10.1. The number of benzene rings is 1. The number of halogens is 2. The SMILES string of the molecule is Cn1cc(C2CC=Cc3nc(C(=O)N[C@H]4COc5cc(F)cc(F)c5NC4=O)nn32)cn1. The molecule has 0 radical (unpaired) electrons. The van der Waals surface area contributed by atoms with E-state index < -0.39 is 29.5 Å². The van der Waals surface area contributed by atoms with Gasteiger partial charge in [0.05, 0.1) is 12.2 Å². The van der Waals surface area contributed by atoms with E-state index in [1.54, 1.807) is 21.6 Å². The van der Waals surface area contributed by atoms with Gasteiger partial charge >= 0.3 is 0 Å². The second-order valence-electron chi connectivity index (χ2n) is 7.43. The van der Waals surface area contributed by atoms with Gasteiger partial charge in [-0.05, 0) is 12.5 Å². The van der Waals surface area contributed by atoms with Crippen molar-refractivity contribution in [3.05, 3.63) is 59.4 Å². The zero-order valence-electron chi connectivity index (χ0n) is 16.7. The summed E-state index contributed by atoms with van der Waals surface area (Å²) in [4.78, 5) is 29.5. The number of amides is 2. The van der Waals surface area contributed by atoms with Gasteiger partial charge in [-0.3, -0.25) is 14.3 Å². The predicted molar refractivity (Wildman–Crippen MR) is 107 cm³/mol. The van der Waals surface area contributed by atoms with Crippen molar-refractivity contribution < 1.29 is 23.1 Å². The van der Waals surface area contributed by atoms with E-state index in [-0.39, 0.29) is 29.9 Å². The molecule has 2 atom stereocenters. The topological polar surface area (TPSA) is 116 Å². The van der Waals surface area contributed by atoms with Gasteiger partial charge in [0.15, 0.2) is 11.6 Å². The summed E-state index contributed by atoms with van der Waals surface area (Å²) in [6.07, 6.45) is 7.93. The lowest BCUT2D eigenvalue weighted by molar-refractivity contribution is -0.118. The van der Waals surface area contributed by atoms with E-state index in [2.05, 4.69) is 25.8 Å². The number of aryl methyl sites for hydroxylation is 1. The molecule has 0 bridgehead atoms. The Balaban J connectivity index is 1.35. The molecule has 12 heteroatoms. The van der Waals surface area contributed by atoms with Crippen molar-refractivity contribution in [1.82, 2.24) is 29.9 Å². The van der Waals surface area contributed by atoms with Crippen LogP contribution in [0.5, 0.6) is 5.75 Å². The van der Waals surface area contributed by atoms with Crippen LogP contribution in [-0.2, 0) is 11.8 Å². The van der Waals surface area contributed by atoms with Crippen LogP contribution < -0.4 is 15.4 Å². The molecule has 0 spiro atoms. The molecule has 2 aliphatic rings. The molecule has 1 aromatic carbocycles. The van der Waals surface area contributed by atoms with Gasteiger partial charge in [-0.15, -0.1) is 5.10 Å². The summed E-state index contributed by atoms with van der Waals surface area (Å²) in [6.45, 7) is -0.320. The van der Waals surface area contributed by atoms with E-state index >= 15 is 0 Å². The first kappa shape index (κ1) is 19.8. The fraction of sp³-hybridized carbons (Fsp3) is 0.250. The van der Waals surface area contributed by atoms with Crippen LogP contribution in [-0.4, -0.2) is 49.0 Å². The molecule has 2 N–H and O–H groups in total. The van der Waals surface area contributed by atoms with Crippen LogP contribution >= 0.6 is 0 Å². The Morgan fingerprint density at radius 2 is 2.19 bits per heavy atom. The van der Waals surface area contributed by atoms with E-state index in [4.69, 9.17) is 4.74 Å². The Hall–Kier alpha value is -4.09. The van der Waals surface area contributed by atoms with Gasteiger partial charge in [-0.25, -0.2) is 18.4 Å². The van der Waals surface area contributed by atoms with Crippen LogP contribution in [0, 0.1) is 11.6 Å². The lowest BCUT2D eigenvalue weighted by Crippen LogP contribution is -2.46. The number of hydrogen-bond acceptors (Lipinski definition) is 6. The lowest BCUT2D eigenvalue weighted by Gasteiger charge is -2.18. The van der Waals surface area contributed by atoms with Crippen molar-refractivity contribution in [3.63, 3.8) is 0 Å². The number of carbonyl (C=O) groups is 2. The van der Waals surface area contributed by atoms with Gasteiger partial charge in [0.1, 0.15) is 29.9 Å². The summed E-state index contributed by atoms with van der Waals surface area (Å²) in [6, 6.07) is 0.253. The number of rotatable bonds is 3. The molecular formula is C20H17F2N7O3. The molecule has 5 rings (SSSR count). The summed E-state index contributed by atoms with van der Waals surface area (Å²) >= 11 is 0. The standard InChI is InChI=1S/C20H17F2N7O3/c1-28-8-10(7-23-28)14-3-2-4-16-25-18(27-29(14)16)20(31)24-13-9-32-15-6-11(21)5-12(22)17(15)26-19(13)30/h2,4-8,13-14H,3,9H2,1H3,(H,24,31)(H,26,30)/t13-,14?/m0/s1. The molecule has 164 valence electrons. The third-order valence-corrected chi connectivity index (χ3v) is 5.19.